The minimum absolute atomic E-state index is 0.293. The van der Waals surface area contributed by atoms with Crippen LogP contribution in [-0.4, -0.2) is 17.1 Å². The van der Waals surface area contributed by atoms with E-state index >= 15 is 0 Å². The summed E-state index contributed by atoms with van der Waals surface area (Å²) < 4.78 is 0. The molecule has 1 aromatic carbocycles. The second kappa shape index (κ2) is 3.88. The second-order valence-electron chi connectivity index (χ2n) is 2.52. The van der Waals surface area contributed by atoms with E-state index in [-0.39, 0.29) is 5.78 Å². The lowest BCUT2D eigenvalue weighted by molar-refractivity contribution is -0.123. The van der Waals surface area contributed by atoms with Crippen LogP contribution in [0, 0.1) is 0 Å². The first-order chi connectivity index (χ1) is 5.70. The fraction of sp³-hybridized carbons (Fsp3) is 0.222. The van der Waals surface area contributed by atoms with Gasteiger partial charge in [-0.2, -0.15) is 0 Å². The summed E-state index contributed by atoms with van der Waals surface area (Å²) in [6.07, 6.45) is -1.10. The topological polar surface area (TPSA) is 49.3 Å². The van der Waals surface area contributed by atoms with Gasteiger partial charge < -0.3 is 10.4 Å². The van der Waals surface area contributed by atoms with Gasteiger partial charge in [0, 0.05) is 5.69 Å². The van der Waals surface area contributed by atoms with Gasteiger partial charge in [0.1, 0.15) is 0 Å². The molecule has 0 bridgehead atoms. The van der Waals surface area contributed by atoms with Crippen LogP contribution in [0.3, 0.4) is 0 Å². The smallest absolute Gasteiger partial charge is 0.184 e. The van der Waals surface area contributed by atoms with Crippen molar-refractivity contribution in [2.45, 2.75) is 13.2 Å². The Kier molecular flexibility index (Phi) is 2.82. The first kappa shape index (κ1) is 8.74. The Morgan fingerprint density at radius 2 is 2.00 bits per heavy atom. The SMILES string of the molecule is CC(=O)C(O)Nc1ccccc1. The van der Waals surface area contributed by atoms with Crippen LogP contribution in [0.2, 0.25) is 0 Å². The van der Waals surface area contributed by atoms with Crippen molar-refractivity contribution in [1.82, 2.24) is 0 Å². The highest BCUT2D eigenvalue weighted by atomic mass is 16.3. The molecule has 0 aromatic heterocycles. The minimum Gasteiger partial charge on any atom is -0.367 e. The summed E-state index contributed by atoms with van der Waals surface area (Å²) in [7, 11) is 0. The zero-order valence-electron chi connectivity index (χ0n) is 6.82. The molecule has 0 saturated heterocycles. The summed E-state index contributed by atoms with van der Waals surface area (Å²) >= 11 is 0. The van der Waals surface area contributed by atoms with Crippen LogP contribution in [0.4, 0.5) is 5.69 Å². The number of aliphatic hydroxyl groups excluding tert-OH is 1. The van der Waals surface area contributed by atoms with E-state index in [4.69, 9.17) is 5.11 Å². The largest absolute Gasteiger partial charge is 0.367 e. The van der Waals surface area contributed by atoms with Gasteiger partial charge in [0.05, 0.1) is 0 Å². The molecule has 0 radical (unpaired) electrons. The van der Waals surface area contributed by atoms with E-state index in [1.807, 2.05) is 18.2 Å². The molecule has 1 atom stereocenters. The molecule has 0 fully saturated rings. The average molecular weight is 165 g/mol. The summed E-state index contributed by atoms with van der Waals surface area (Å²) in [4.78, 5) is 10.6. The van der Waals surface area contributed by atoms with E-state index < -0.39 is 6.23 Å². The van der Waals surface area contributed by atoms with Gasteiger partial charge in [0.2, 0.25) is 0 Å². The molecule has 0 saturated carbocycles. The van der Waals surface area contributed by atoms with E-state index in [0.717, 1.165) is 5.69 Å². The molecule has 0 amide bonds. The summed E-state index contributed by atoms with van der Waals surface area (Å²) in [5, 5.41) is 11.8. The van der Waals surface area contributed by atoms with Gasteiger partial charge in [-0.25, -0.2) is 0 Å². The maximum atomic E-state index is 10.6. The molecule has 3 heteroatoms. The van der Waals surface area contributed by atoms with Gasteiger partial charge in [-0.05, 0) is 19.1 Å². The first-order valence-corrected chi connectivity index (χ1v) is 3.70. The highest BCUT2D eigenvalue weighted by Crippen LogP contribution is 2.05. The van der Waals surface area contributed by atoms with Crippen molar-refractivity contribution < 1.29 is 9.90 Å². The Hall–Kier alpha value is -1.35. The molecule has 0 aliphatic heterocycles. The van der Waals surface area contributed by atoms with Crippen LogP contribution >= 0.6 is 0 Å². The molecule has 0 aliphatic carbocycles. The molecule has 0 spiro atoms. The van der Waals surface area contributed by atoms with Crippen LogP contribution in [0.15, 0.2) is 30.3 Å². The maximum absolute atomic E-state index is 10.6. The van der Waals surface area contributed by atoms with Crippen molar-refractivity contribution in [1.29, 1.82) is 0 Å². The van der Waals surface area contributed by atoms with E-state index in [1.165, 1.54) is 6.92 Å². The van der Waals surface area contributed by atoms with Crippen molar-refractivity contribution in [2.24, 2.45) is 0 Å². The summed E-state index contributed by atoms with van der Waals surface area (Å²) in [6, 6.07) is 9.09. The van der Waals surface area contributed by atoms with E-state index in [9.17, 15) is 4.79 Å². The molecule has 3 nitrogen and oxygen atoms in total. The fourth-order valence-corrected chi connectivity index (χ4v) is 0.794. The maximum Gasteiger partial charge on any atom is 0.184 e. The van der Waals surface area contributed by atoms with Gasteiger partial charge in [-0.3, -0.25) is 4.79 Å². The molecule has 64 valence electrons. The summed E-state index contributed by atoms with van der Waals surface area (Å²) in [5.74, 6) is -0.293. The molecular formula is C9H11NO2. The third-order valence-electron chi connectivity index (χ3n) is 1.46. The third kappa shape index (κ3) is 2.36. The number of rotatable bonds is 3. The number of para-hydroxylation sites is 1. The third-order valence-corrected chi connectivity index (χ3v) is 1.46. The van der Waals surface area contributed by atoms with Crippen LogP contribution in [0.1, 0.15) is 6.92 Å². The van der Waals surface area contributed by atoms with Crippen LogP contribution < -0.4 is 5.32 Å². The van der Waals surface area contributed by atoms with Gasteiger partial charge in [0.15, 0.2) is 12.0 Å². The van der Waals surface area contributed by atoms with Crippen molar-refractivity contribution >= 4 is 11.5 Å². The lowest BCUT2D eigenvalue weighted by Gasteiger charge is -2.09. The molecule has 2 N–H and O–H groups in total. The number of benzene rings is 1. The molecule has 0 aliphatic rings. The minimum atomic E-state index is -1.10. The van der Waals surface area contributed by atoms with Crippen molar-refractivity contribution in [2.75, 3.05) is 5.32 Å². The van der Waals surface area contributed by atoms with Crippen molar-refractivity contribution in [3.8, 4) is 0 Å². The van der Waals surface area contributed by atoms with E-state index in [1.54, 1.807) is 12.1 Å². The monoisotopic (exact) mass is 165 g/mol. The number of carbonyl (C=O) groups excluding carboxylic acids is 1. The van der Waals surface area contributed by atoms with Crippen molar-refractivity contribution in [3.05, 3.63) is 30.3 Å². The summed E-state index contributed by atoms with van der Waals surface area (Å²) in [5.41, 5.74) is 0.736. The standard InChI is InChI=1S/C9H11NO2/c1-7(11)9(12)10-8-5-3-2-4-6-8/h2-6,9-10,12H,1H3. The highest BCUT2D eigenvalue weighted by Gasteiger charge is 2.07. The van der Waals surface area contributed by atoms with E-state index in [2.05, 4.69) is 5.32 Å². The van der Waals surface area contributed by atoms with Crippen molar-refractivity contribution in [3.63, 3.8) is 0 Å². The molecule has 1 rings (SSSR count). The molecular weight excluding hydrogens is 154 g/mol. The quantitative estimate of drug-likeness (QED) is 0.657. The van der Waals surface area contributed by atoms with Crippen LogP contribution in [-0.2, 0) is 4.79 Å². The number of nitrogens with one attached hydrogen (secondary N) is 1. The average Bonchev–Trinajstić information content (AvgIpc) is 2.06. The predicted octanol–water partition coefficient (Wildman–Crippen LogP) is 1.01. The number of ketones is 1. The number of aliphatic hydroxyl groups is 1. The Morgan fingerprint density at radius 3 is 2.50 bits per heavy atom. The zero-order valence-corrected chi connectivity index (χ0v) is 6.82. The van der Waals surface area contributed by atoms with Crippen LogP contribution in [0.5, 0.6) is 0 Å². The fourth-order valence-electron chi connectivity index (χ4n) is 0.794. The van der Waals surface area contributed by atoms with Crippen LogP contribution in [0.25, 0.3) is 0 Å². The second-order valence-corrected chi connectivity index (χ2v) is 2.52. The Balaban J connectivity index is 2.58. The number of hydrogen-bond acceptors (Lipinski definition) is 3. The van der Waals surface area contributed by atoms with Gasteiger partial charge in [-0.15, -0.1) is 0 Å². The number of Topliss-reactive ketones (excluding diaryl/α,β-unsaturated/α-hetero) is 1. The summed E-state index contributed by atoms with van der Waals surface area (Å²) in [6.45, 7) is 1.33. The van der Waals surface area contributed by atoms with Gasteiger partial charge in [-0.1, -0.05) is 18.2 Å². The highest BCUT2D eigenvalue weighted by molar-refractivity contribution is 5.82. The Labute approximate surface area is 71.0 Å². The lowest BCUT2D eigenvalue weighted by atomic mass is 10.3. The molecule has 0 heterocycles. The van der Waals surface area contributed by atoms with Gasteiger partial charge >= 0.3 is 0 Å². The molecule has 12 heavy (non-hydrogen) atoms. The normalized spacial score (nSPS) is 12.2. The number of carbonyl (C=O) groups is 1. The van der Waals surface area contributed by atoms with E-state index in [0.29, 0.717) is 0 Å². The first-order valence-electron chi connectivity index (χ1n) is 3.70. The lowest BCUT2D eigenvalue weighted by Crippen LogP contribution is -2.26. The Bertz CT molecular complexity index is 258. The van der Waals surface area contributed by atoms with Gasteiger partial charge in [0.25, 0.3) is 0 Å². The number of anilines is 1. The Morgan fingerprint density at radius 1 is 1.42 bits per heavy atom. The molecule has 1 aromatic rings. The predicted molar refractivity (Wildman–Crippen MR) is 46.8 cm³/mol. The molecule has 1 unspecified atom stereocenters. The zero-order chi connectivity index (χ0) is 8.97. The number of hydrogen-bond donors (Lipinski definition) is 2.